The largest absolute Gasteiger partial charge is 0.417 e. The number of benzene rings is 1. The number of fused-ring (bicyclic) bond motifs is 1. The Morgan fingerprint density at radius 3 is 2.52 bits per heavy atom. The number of anilines is 3. The second-order valence-corrected chi connectivity index (χ2v) is 25.6. The van der Waals surface area contributed by atoms with E-state index in [1.54, 1.807) is 34.9 Å². The Hall–Kier alpha value is -4.16. The first-order valence-electron chi connectivity index (χ1n) is 20.5. The zero-order chi connectivity index (χ0) is 42.0. The van der Waals surface area contributed by atoms with E-state index in [1.807, 2.05) is 12.4 Å². The molecule has 13 nitrogen and oxygen atoms in total. The van der Waals surface area contributed by atoms with Gasteiger partial charge in [-0.15, -0.1) is 0 Å². The quantitative estimate of drug-likeness (QED) is 0.0773. The predicted octanol–water partition coefficient (Wildman–Crippen LogP) is 8.07. The molecule has 5 heterocycles. The van der Waals surface area contributed by atoms with Gasteiger partial charge in [0.25, 0.3) is 5.56 Å². The van der Waals surface area contributed by atoms with Crippen molar-refractivity contribution in [1.29, 1.82) is 0 Å². The van der Waals surface area contributed by atoms with Gasteiger partial charge in [-0.3, -0.25) is 18.6 Å². The molecule has 1 unspecified atom stereocenters. The summed E-state index contributed by atoms with van der Waals surface area (Å²) in [5.41, 5.74) is 4.31. The summed E-state index contributed by atoms with van der Waals surface area (Å²) in [5.74, 6) is 2.51. The maximum absolute atomic E-state index is 13.3. The molecule has 312 valence electrons. The van der Waals surface area contributed by atoms with Gasteiger partial charge in [-0.25, -0.2) is 19.9 Å². The Labute approximate surface area is 348 Å². The van der Waals surface area contributed by atoms with E-state index in [4.69, 9.17) is 24.1 Å². The molecule has 0 bridgehead atoms. The third-order valence-corrected chi connectivity index (χ3v) is 17.7. The summed E-state index contributed by atoms with van der Waals surface area (Å²) in [6.07, 6.45) is 9.27. The van der Waals surface area contributed by atoms with Crippen LogP contribution in [-0.2, 0) is 22.9 Å². The zero-order valence-corrected chi connectivity index (χ0v) is 38.8. The minimum Gasteiger partial charge on any atom is -0.417 e. The van der Waals surface area contributed by atoms with Crippen molar-refractivity contribution >= 4 is 40.7 Å². The standard InChI is InChI=1S/C43H64N10O3Si2/c1-30(18-21-56-58(11,12)43(5,6)7)40-48-38(31-14-13-15-32(24-31)51-20-17-33(26-51)49(8)9)35-25-45-37(28-53(35)40)46-36-16-19-44-39(47-36)34-27-52(50(10)41(34)54)29-55-22-23-57-42(2,3)4/h13-16,19,24-25,27-28,30,33H,17-18,20-23,26,29H2,1-12H3,(H,44,46,47)/t30-,33?/m0/s1. The Balaban J connectivity index is 1.27. The normalized spacial score (nSPS) is 15.9. The van der Waals surface area contributed by atoms with Crippen molar-refractivity contribution in [3.8, 4) is 22.6 Å². The number of nitrogens with one attached hydrogen (secondary N) is 1. The molecule has 1 aliphatic rings. The van der Waals surface area contributed by atoms with Crippen LogP contribution in [0, 0.1) is 0 Å². The first-order valence-corrected chi connectivity index (χ1v) is 24.7. The van der Waals surface area contributed by atoms with Gasteiger partial charge in [-0.2, -0.15) is 0 Å². The fraction of sp³-hybridized carbons (Fsp3) is 0.558. The predicted molar refractivity (Wildman–Crippen MR) is 239 cm³/mol. The van der Waals surface area contributed by atoms with Gasteiger partial charge in [0, 0.05) is 78.5 Å². The van der Waals surface area contributed by atoms with Crippen LogP contribution in [0.3, 0.4) is 0 Å². The van der Waals surface area contributed by atoms with Crippen LogP contribution in [-0.4, -0.2) is 103 Å². The molecule has 1 aromatic carbocycles. The van der Waals surface area contributed by atoms with Crippen molar-refractivity contribution in [3.05, 3.63) is 71.3 Å². The molecule has 0 saturated carbocycles. The summed E-state index contributed by atoms with van der Waals surface area (Å²) in [7, 11) is 4.96. The van der Waals surface area contributed by atoms with Gasteiger partial charge >= 0.3 is 0 Å². The van der Waals surface area contributed by atoms with E-state index in [-0.39, 0.29) is 28.3 Å². The number of ether oxygens (including phenoxy) is 1. The highest BCUT2D eigenvalue weighted by Crippen LogP contribution is 2.38. The number of hydrogen-bond donors (Lipinski definition) is 1. The summed E-state index contributed by atoms with van der Waals surface area (Å²) >= 11 is 0. The van der Waals surface area contributed by atoms with Gasteiger partial charge in [0.15, 0.2) is 14.1 Å². The van der Waals surface area contributed by atoms with E-state index >= 15 is 0 Å². The van der Waals surface area contributed by atoms with Crippen LogP contribution in [0.4, 0.5) is 17.3 Å². The molecule has 1 saturated heterocycles. The highest BCUT2D eigenvalue weighted by Gasteiger charge is 2.37. The first-order chi connectivity index (χ1) is 27.3. The number of hydrogen-bond acceptors (Lipinski definition) is 10. The van der Waals surface area contributed by atoms with Crippen LogP contribution < -0.4 is 15.8 Å². The topological polar surface area (TPSA) is 120 Å². The first kappa shape index (κ1) is 43.4. The van der Waals surface area contributed by atoms with E-state index in [9.17, 15) is 4.79 Å². The van der Waals surface area contributed by atoms with Crippen molar-refractivity contribution in [2.24, 2.45) is 7.05 Å². The highest BCUT2D eigenvalue weighted by molar-refractivity contribution is 6.74. The van der Waals surface area contributed by atoms with E-state index in [1.165, 1.54) is 5.69 Å². The molecular weight excluding hydrogens is 761 g/mol. The van der Waals surface area contributed by atoms with Gasteiger partial charge in [-0.05, 0) is 74.4 Å². The SMILES string of the molecule is C[C@@H](CCO[Si](C)(C)C(C)(C)C)c1nc(-c2cccc(N3CCC(N(C)C)C3)c2)c2cnc(Nc3ccnc(-c4cn(COCC[Si]C(C)(C)C)n(C)c4=O)n3)cn12. The van der Waals surface area contributed by atoms with Crippen molar-refractivity contribution in [3.63, 3.8) is 0 Å². The molecule has 58 heavy (non-hydrogen) atoms. The maximum atomic E-state index is 13.3. The number of rotatable bonds is 16. The summed E-state index contributed by atoms with van der Waals surface area (Å²) in [6.45, 7) is 24.0. The number of likely N-dealkylation sites (N-methyl/N-ethyl adjacent to an activating group) is 1. The Kier molecular flexibility index (Phi) is 13.2. The fourth-order valence-electron chi connectivity index (χ4n) is 6.92. The van der Waals surface area contributed by atoms with Crippen LogP contribution in [0.15, 0.2) is 59.9 Å². The molecule has 4 aromatic heterocycles. The zero-order valence-electron chi connectivity index (χ0n) is 36.8. The molecule has 2 atom stereocenters. The lowest BCUT2D eigenvalue weighted by molar-refractivity contribution is 0.0706. The minimum absolute atomic E-state index is 0.109. The second-order valence-electron chi connectivity index (χ2n) is 18.5. The van der Waals surface area contributed by atoms with E-state index in [0.717, 1.165) is 64.1 Å². The number of imidazole rings is 1. The molecule has 15 heteroatoms. The average molecular weight is 825 g/mol. The summed E-state index contributed by atoms with van der Waals surface area (Å²) < 4.78 is 18.0. The van der Waals surface area contributed by atoms with E-state index < -0.39 is 8.32 Å². The minimum atomic E-state index is -1.90. The fourth-order valence-corrected chi connectivity index (χ4v) is 8.98. The molecule has 5 aromatic rings. The molecule has 1 N–H and O–H groups in total. The lowest BCUT2D eigenvalue weighted by atomic mass is 10.1. The maximum Gasteiger partial charge on any atom is 0.277 e. The van der Waals surface area contributed by atoms with Gasteiger partial charge in [0.05, 0.1) is 23.6 Å². The van der Waals surface area contributed by atoms with Crippen LogP contribution in [0.5, 0.6) is 0 Å². The van der Waals surface area contributed by atoms with E-state index in [0.29, 0.717) is 42.3 Å². The van der Waals surface area contributed by atoms with Crippen LogP contribution in [0.2, 0.25) is 29.2 Å². The Morgan fingerprint density at radius 1 is 1.03 bits per heavy atom. The molecule has 0 aliphatic carbocycles. The third kappa shape index (κ3) is 10.2. The van der Waals surface area contributed by atoms with Gasteiger partial charge < -0.3 is 24.3 Å². The molecular formula is C43H64N10O3Si2. The van der Waals surface area contributed by atoms with Gasteiger partial charge in [0.1, 0.15) is 29.8 Å². The Morgan fingerprint density at radius 2 is 1.81 bits per heavy atom. The van der Waals surface area contributed by atoms with E-state index in [2.05, 4.69) is 124 Å². The summed E-state index contributed by atoms with van der Waals surface area (Å²) in [4.78, 5) is 37.5. The molecule has 1 fully saturated rings. The number of aromatic nitrogens is 7. The molecule has 0 amide bonds. The van der Waals surface area contributed by atoms with Crippen LogP contribution >= 0.6 is 0 Å². The number of nitrogens with zero attached hydrogens (tertiary/aromatic N) is 9. The lowest BCUT2D eigenvalue weighted by Gasteiger charge is -2.36. The van der Waals surface area contributed by atoms with Gasteiger partial charge in [-0.1, -0.05) is 60.6 Å². The second kappa shape index (κ2) is 17.6. The summed E-state index contributed by atoms with van der Waals surface area (Å²) in [5, 5.41) is 3.81. The molecule has 0 spiro atoms. The Bertz CT molecular complexity index is 2230. The highest BCUT2D eigenvalue weighted by atomic mass is 28.4. The van der Waals surface area contributed by atoms with Crippen LogP contribution in [0.1, 0.15) is 73.1 Å². The summed E-state index contributed by atoms with van der Waals surface area (Å²) in [6, 6.07) is 12.0. The smallest absolute Gasteiger partial charge is 0.277 e. The van der Waals surface area contributed by atoms with Gasteiger partial charge in [0.2, 0.25) is 0 Å². The van der Waals surface area contributed by atoms with Crippen molar-refractivity contribution in [2.75, 3.05) is 50.6 Å². The third-order valence-electron chi connectivity index (χ3n) is 11.7. The average Bonchev–Trinajstić information content (AvgIpc) is 3.87. The van der Waals surface area contributed by atoms with Crippen LogP contribution in [0.25, 0.3) is 28.2 Å². The molecule has 6 rings (SSSR count). The van der Waals surface area contributed by atoms with Crippen molar-refractivity contribution in [1.82, 2.24) is 38.6 Å². The van der Waals surface area contributed by atoms with Crippen molar-refractivity contribution in [2.45, 2.75) is 109 Å². The molecule has 1 aliphatic heterocycles. The van der Waals surface area contributed by atoms with Crippen molar-refractivity contribution < 1.29 is 9.16 Å². The monoisotopic (exact) mass is 824 g/mol. The lowest BCUT2D eigenvalue weighted by Crippen LogP contribution is -2.41. The molecule has 2 radical (unpaired) electrons.